The molecule has 0 aliphatic rings. The molecule has 0 bridgehead atoms. The number of halogens is 2. The molecule has 0 unspecified atom stereocenters. The number of carbonyl (C=O) groups is 1. The fraction of sp³-hybridized carbons (Fsp3) is 0.875. The van der Waals surface area contributed by atoms with E-state index >= 15 is 0 Å². The Kier molecular flexibility index (Phi) is 15.5. The van der Waals surface area contributed by atoms with Gasteiger partial charge in [0.05, 0.1) is 0 Å². The Morgan fingerprint density at radius 1 is 1.38 bits per heavy atom. The second kappa shape index (κ2) is 12.6. The summed E-state index contributed by atoms with van der Waals surface area (Å²) < 4.78 is 0. The van der Waals surface area contributed by atoms with Gasteiger partial charge in [-0.25, -0.2) is 0 Å². The van der Waals surface area contributed by atoms with Gasteiger partial charge in [-0.15, -0.1) is 0 Å². The summed E-state index contributed by atoms with van der Waals surface area (Å²) in [6.07, 6.45) is 4.39. The molecule has 2 nitrogen and oxygen atoms in total. The Balaban J connectivity index is 0. The van der Waals surface area contributed by atoms with Gasteiger partial charge < -0.3 is 9.90 Å². The molecule has 0 amide bonds. The van der Waals surface area contributed by atoms with Crippen LogP contribution >= 0.6 is 23.2 Å². The molecular formula is C8H14Cl2CoO2. The number of carboxylic acid groups (broad SMARTS) is 1. The molecule has 0 aliphatic carbocycles. The number of alkyl halides is 2. The maximum absolute atomic E-state index is 8.89. The predicted octanol–water partition coefficient (Wildman–Crippen LogP) is 2.07. The number of hydrogen-bond acceptors (Lipinski definition) is 2. The number of unbranched alkanes of at least 4 members (excludes halogenated alkanes) is 2. The average molecular weight is 272 g/mol. The molecule has 0 aromatic heterocycles. The topological polar surface area (TPSA) is 40.1 Å². The van der Waals surface area contributed by atoms with E-state index in [1.807, 2.05) is 0 Å². The molecule has 0 radical (unpaired) electrons. The van der Waals surface area contributed by atoms with Gasteiger partial charge in [0.15, 0.2) is 0 Å². The van der Waals surface area contributed by atoms with Gasteiger partial charge >= 0.3 is 74.8 Å². The minimum atomic E-state index is -1.08. The molecule has 0 saturated carbocycles. The molecule has 81 valence electrons. The summed E-state index contributed by atoms with van der Waals surface area (Å²) in [5, 5.41) is 9.85. The number of carboxylic acids is 1. The van der Waals surface area contributed by atoms with Crippen LogP contribution in [0.5, 0.6) is 0 Å². The number of rotatable bonds is 5. The van der Waals surface area contributed by atoms with Crippen molar-refractivity contribution in [2.75, 3.05) is 0 Å². The molecule has 0 aromatic carbocycles. The minimum absolute atomic E-state index is 0.177. The van der Waals surface area contributed by atoms with Gasteiger partial charge in [-0.2, -0.15) is 0 Å². The third-order valence-electron chi connectivity index (χ3n) is 1.04. The maximum atomic E-state index is 8.89. The zero-order valence-electron chi connectivity index (χ0n) is 7.52. The Morgan fingerprint density at radius 3 is 2.15 bits per heavy atom. The van der Waals surface area contributed by atoms with Gasteiger partial charge in [-0.3, -0.25) is 0 Å². The van der Waals surface area contributed by atoms with Crippen LogP contribution in [0.3, 0.4) is 0 Å². The van der Waals surface area contributed by atoms with Gasteiger partial charge in [0.1, 0.15) is 0 Å². The summed E-state index contributed by atoms with van der Waals surface area (Å²) in [5.74, 6) is -1.08. The Hall–Kier alpha value is 0.556. The van der Waals surface area contributed by atoms with Gasteiger partial charge in [0.2, 0.25) is 0 Å². The zero-order chi connectivity index (χ0) is 10.7. The number of aliphatic carboxylic acids is 1. The predicted molar refractivity (Wildman–Crippen MR) is 49.5 cm³/mol. The van der Waals surface area contributed by atoms with Crippen LogP contribution in [0.4, 0.5) is 0 Å². The quantitative estimate of drug-likeness (QED) is 0.567. The first-order valence-corrected chi connectivity index (χ1v) is 5.60. The van der Waals surface area contributed by atoms with E-state index in [4.69, 9.17) is 33.1 Å². The molecule has 0 saturated heterocycles. The van der Waals surface area contributed by atoms with Crippen LogP contribution in [0.2, 0.25) is 5.36 Å². The molecule has 0 atom stereocenters. The van der Waals surface area contributed by atoms with Crippen LogP contribution in [0.25, 0.3) is 0 Å². The summed E-state index contributed by atoms with van der Waals surface area (Å²) in [7, 11) is 0. The van der Waals surface area contributed by atoms with Gasteiger partial charge in [0, 0.05) is 5.97 Å². The van der Waals surface area contributed by atoms with Gasteiger partial charge in [-0.1, -0.05) is 0 Å². The first-order valence-electron chi connectivity index (χ1n) is 3.99. The van der Waals surface area contributed by atoms with E-state index in [9.17, 15) is 0 Å². The zero-order valence-corrected chi connectivity index (χ0v) is 10.1. The van der Waals surface area contributed by atoms with Gasteiger partial charge in [0.25, 0.3) is 0 Å². The van der Waals surface area contributed by atoms with Crippen LogP contribution in [-0.2, 0) is 20.5 Å². The van der Waals surface area contributed by atoms with E-state index in [1.54, 1.807) is 0 Å². The van der Waals surface area contributed by atoms with Crippen molar-refractivity contribution >= 4 is 29.2 Å². The fourth-order valence-corrected chi connectivity index (χ4v) is 1.13. The van der Waals surface area contributed by atoms with Crippen molar-refractivity contribution in [1.82, 2.24) is 0 Å². The van der Waals surface area contributed by atoms with Crippen LogP contribution in [0.1, 0.15) is 32.6 Å². The van der Waals surface area contributed by atoms with Crippen molar-refractivity contribution in [3.05, 3.63) is 0 Å². The van der Waals surface area contributed by atoms with Crippen molar-refractivity contribution in [2.24, 2.45) is 0 Å². The first-order chi connectivity index (χ1) is 6.00. The van der Waals surface area contributed by atoms with Crippen molar-refractivity contribution < 1.29 is 25.6 Å². The molecular weight excluding hydrogens is 258 g/mol. The molecule has 0 rings (SSSR count). The molecule has 0 N–H and O–H groups in total. The second-order valence-corrected chi connectivity index (χ2v) is 4.20. The number of carbonyl (C=O) groups excluding carboxylic acids is 1. The van der Waals surface area contributed by atoms with Crippen molar-refractivity contribution in [1.29, 1.82) is 0 Å². The summed E-state index contributed by atoms with van der Waals surface area (Å²) >= 11 is 15.1. The van der Waals surface area contributed by atoms with Crippen molar-refractivity contribution in [3.8, 4) is 0 Å². The summed E-state index contributed by atoms with van der Waals surface area (Å²) in [6, 6.07) is 0. The fourth-order valence-electron chi connectivity index (χ4n) is 0.559. The molecule has 0 aliphatic heterocycles. The van der Waals surface area contributed by atoms with Crippen LogP contribution in [0, 0.1) is 0 Å². The van der Waals surface area contributed by atoms with E-state index in [1.165, 1.54) is 12.8 Å². The SMILES string of the molecule is CC(=O)[O-].ClC(Cl)CCCC[CH2][Co+]. The molecule has 13 heavy (non-hydrogen) atoms. The Morgan fingerprint density at radius 2 is 1.85 bits per heavy atom. The summed E-state index contributed by atoms with van der Waals surface area (Å²) in [5.41, 5.74) is 0. The molecule has 0 fully saturated rings. The van der Waals surface area contributed by atoms with E-state index in [-0.39, 0.29) is 4.84 Å². The van der Waals surface area contributed by atoms with E-state index < -0.39 is 5.97 Å². The van der Waals surface area contributed by atoms with Crippen molar-refractivity contribution in [2.45, 2.75) is 42.8 Å². The normalized spacial score (nSPS) is 9.31. The Bertz CT molecular complexity index is 117. The summed E-state index contributed by atoms with van der Waals surface area (Å²) in [6.45, 7) is 0.972. The number of hydrogen-bond donors (Lipinski definition) is 0. The Labute approximate surface area is 97.6 Å². The third-order valence-corrected chi connectivity index (χ3v) is 1.84. The molecule has 0 heterocycles. The van der Waals surface area contributed by atoms with E-state index in [0.29, 0.717) is 0 Å². The van der Waals surface area contributed by atoms with Crippen molar-refractivity contribution in [3.63, 3.8) is 0 Å². The first kappa shape index (κ1) is 16.0. The van der Waals surface area contributed by atoms with Crippen LogP contribution < -0.4 is 5.11 Å². The summed E-state index contributed by atoms with van der Waals surface area (Å²) in [4.78, 5) is 8.71. The van der Waals surface area contributed by atoms with Crippen LogP contribution in [-0.4, -0.2) is 10.8 Å². The van der Waals surface area contributed by atoms with E-state index in [2.05, 4.69) is 15.7 Å². The molecule has 5 heteroatoms. The molecule has 0 aromatic rings. The van der Waals surface area contributed by atoms with Gasteiger partial charge in [-0.05, 0) is 6.92 Å². The monoisotopic (exact) mass is 271 g/mol. The third kappa shape index (κ3) is 32.6. The second-order valence-electron chi connectivity index (χ2n) is 2.40. The van der Waals surface area contributed by atoms with E-state index in [0.717, 1.165) is 25.1 Å². The molecule has 0 spiro atoms. The standard InChI is InChI=1S/C6H11Cl2.C2H4O2.Co/c1-2-3-4-5-6(7)8;1-2(3)4;/h6H,1-5H2;1H3,(H,3,4);/q;;+1/p-1. The van der Waals surface area contributed by atoms with Crippen LogP contribution in [0.15, 0.2) is 0 Å². The average Bonchev–Trinajstić information content (AvgIpc) is 1.97.